The Labute approximate surface area is 152 Å². The highest BCUT2D eigenvalue weighted by molar-refractivity contribution is 5.73. The maximum absolute atomic E-state index is 11.7. The fourth-order valence-corrected chi connectivity index (χ4v) is 2.02. The molecule has 25 heavy (non-hydrogen) atoms. The number of nitrogens with zero attached hydrogens (tertiary/aromatic N) is 1. The lowest BCUT2D eigenvalue weighted by Crippen LogP contribution is -2.36. The SMILES string of the molecule is C=N/C(NC)=C(\C=C/CCCNC(=O)NCCC(=C)N/C=C\C)CC. The molecule has 140 valence electrons. The van der Waals surface area contributed by atoms with Gasteiger partial charge in [0.25, 0.3) is 0 Å². The molecule has 0 aliphatic heterocycles. The Balaban J connectivity index is 3.89. The summed E-state index contributed by atoms with van der Waals surface area (Å²) in [5, 5.41) is 11.7. The van der Waals surface area contributed by atoms with E-state index in [2.05, 4.69) is 58.6 Å². The number of hydrogen-bond donors (Lipinski definition) is 4. The number of nitrogens with one attached hydrogen (secondary N) is 4. The van der Waals surface area contributed by atoms with Crippen LogP contribution in [0, 0.1) is 0 Å². The van der Waals surface area contributed by atoms with Crippen molar-refractivity contribution in [2.24, 2.45) is 4.99 Å². The van der Waals surface area contributed by atoms with Gasteiger partial charge in [-0.05, 0) is 44.7 Å². The lowest BCUT2D eigenvalue weighted by Gasteiger charge is -2.08. The Kier molecular flexibility index (Phi) is 13.5. The molecule has 0 aliphatic rings. The Morgan fingerprint density at radius 1 is 1.24 bits per heavy atom. The minimum absolute atomic E-state index is 0.148. The number of urea groups is 1. The molecule has 4 N–H and O–H groups in total. The minimum Gasteiger partial charge on any atom is -0.373 e. The van der Waals surface area contributed by atoms with E-state index >= 15 is 0 Å². The molecule has 0 saturated heterocycles. The number of aliphatic imine (C=N–C) groups is 1. The summed E-state index contributed by atoms with van der Waals surface area (Å²) in [6.45, 7) is 12.6. The van der Waals surface area contributed by atoms with Crippen LogP contribution in [-0.2, 0) is 0 Å². The molecule has 0 fully saturated rings. The zero-order valence-corrected chi connectivity index (χ0v) is 15.8. The minimum atomic E-state index is -0.148. The summed E-state index contributed by atoms with van der Waals surface area (Å²) in [6.07, 6.45) is 11.2. The van der Waals surface area contributed by atoms with Crippen LogP contribution in [0.5, 0.6) is 0 Å². The fourth-order valence-electron chi connectivity index (χ4n) is 2.02. The summed E-state index contributed by atoms with van der Waals surface area (Å²) in [5.41, 5.74) is 1.99. The molecule has 0 unspecified atom stereocenters. The van der Waals surface area contributed by atoms with Gasteiger partial charge in [-0.15, -0.1) is 0 Å². The molecule has 0 spiro atoms. The summed E-state index contributed by atoms with van der Waals surface area (Å²) in [7, 11) is 1.84. The van der Waals surface area contributed by atoms with Gasteiger partial charge < -0.3 is 21.3 Å². The standard InChI is InChI=1S/C19H33N5O/c1-6-13-22-16(3)12-15-24-19(25)23-14-10-8-9-11-17(7-2)18(20-4)21-5/h6,9,11,13,21-22H,3-4,7-8,10,12,14-15H2,1-2,5H3,(H2,23,24,25)/b11-9-,13-6-,18-17+. The highest BCUT2D eigenvalue weighted by Crippen LogP contribution is 2.09. The van der Waals surface area contributed by atoms with Gasteiger partial charge in [0.2, 0.25) is 0 Å². The Bertz CT molecular complexity index is 506. The maximum atomic E-state index is 11.7. The van der Waals surface area contributed by atoms with Gasteiger partial charge in [0.05, 0.1) is 0 Å². The third kappa shape index (κ3) is 11.6. The van der Waals surface area contributed by atoms with E-state index in [1.165, 1.54) is 0 Å². The third-order valence-corrected chi connectivity index (χ3v) is 3.40. The van der Waals surface area contributed by atoms with Crippen LogP contribution >= 0.6 is 0 Å². The summed E-state index contributed by atoms with van der Waals surface area (Å²) in [5.74, 6) is 0.807. The van der Waals surface area contributed by atoms with Crippen LogP contribution in [0.4, 0.5) is 4.79 Å². The van der Waals surface area contributed by atoms with E-state index in [9.17, 15) is 4.79 Å². The third-order valence-electron chi connectivity index (χ3n) is 3.40. The van der Waals surface area contributed by atoms with Crippen molar-refractivity contribution in [1.82, 2.24) is 21.3 Å². The molecule has 0 aliphatic carbocycles. The number of carbonyl (C=O) groups excluding carboxylic acids is 1. The zero-order valence-electron chi connectivity index (χ0n) is 15.8. The number of unbranched alkanes of at least 4 members (excludes halogenated alkanes) is 1. The number of carbonyl (C=O) groups is 1. The van der Waals surface area contributed by atoms with Crippen molar-refractivity contribution >= 4 is 12.7 Å². The van der Waals surface area contributed by atoms with Crippen molar-refractivity contribution in [3.8, 4) is 0 Å². The summed E-state index contributed by atoms with van der Waals surface area (Å²) in [6, 6.07) is -0.148. The van der Waals surface area contributed by atoms with Gasteiger partial charge in [0.1, 0.15) is 5.82 Å². The van der Waals surface area contributed by atoms with Gasteiger partial charge in [-0.25, -0.2) is 9.79 Å². The van der Waals surface area contributed by atoms with E-state index < -0.39 is 0 Å². The monoisotopic (exact) mass is 347 g/mol. The first-order valence-electron chi connectivity index (χ1n) is 8.70. The summed E-state index contributed by atoms with van der Waals surface area (Å²) in [4.78, 5) is 15.6. The molecule has 0 bridgehead atoms. The van der Waals surface area contributed by atoms with Crippen molar-refractivity contribution in [2.75, 3.05) is 20.1 Å². The summed E-state index contributed by atoms with van der Waals surface area (Å²) >= 11 is 0. The first kappa shape index (κ1) is 22.5. The van der Waals surface area contributed by atoms with Crippen LogP contribution in [-0.4, -0.2) is 32.9 Å². The first-order valence-corrected chi connectivity index (χ1v) is 8.70. The topological polar surface area (TPSA) is 77.5 Å². The van der Waals surface area contributed by atoms with Gasteiger partial charge in [-0.1, -0.05) is 31.7 Å². The molecule has 0 aromatic rings. The fraction of sp³-hybridized carbons (Fsp3) is 0.474. The zero-order chi connectivity index (χ0) is 18.9. The van der Waals surface area contributed by atoms with Crippen molar-refractivity contribution < 1.29 is 4.79 Å². The molecule has 6 heteroatoms. The molecule has 0 rings (SSSR count). The van der Waals surface area contributed by atoms with Gasteiger partial charge in [-0.2, -0.15) is 0 Å². The van der Waals surface area contributed by atoms with Crippen LogP contribution in [0.1, 0.15) is 39.5 Å². The van der Waals surface area contributed by atoms with Crippen LogP contribution in [0.25, 0.3) is 0 Å². The number of amides is 2. The van der Waals surface area contributed by atoms with Gasteiger partial charge in [-0.3, -0.25) is 0 Å². The number of rotatable bonds is 13. The maximum Gasteiger partial charge on any atom is 0.314 e. The van der Waals surface area contributed by atoms with Crippen molar-refractivity contribution in [1.29, 1.82) is 0 Å². The average molecular weight is 348 g/mol. The lowest BCUT2D eigenvalue weighted by molar-refractivity contribution is 0.241. The van der Waals surface area contributed by atoms with Crippen LogP contribution in [0.3, 0.4) is 0 Å². The van der Waals surface area contributed by atoms with E-state index in [0.717, 1.165) is 36.4 Å². The van der Waals surface area contributed by atoms with E-state index in [4.69, 9.17) is 0 Å². The highest BCUT2D eigenvalue weighted by atomic mass is 16.2. The normalized spacial score (nSPS) is 12.0. The molecular formula is C19H33N5O. The van der Waals surface area contributed by atoms with Crippen molar-refractivity contribution in [2.45, 2.75) is 39.5 Å². The van der Waals surface area contributed by atoms with Crippen LogP contribution in [0.15, 0.2) is 53.1 Å². The number of allylic oxidation sites excluding steroid dienone is 4. The molecule has 0 radical (unpaired) electrons. The Morgan fingerprint density at radius 2 is 1.96 bits per heavy atom. The molecule has 0 heterocycles. The average Bonchev–Trinajstić information content (AvgIpc) is 2.61. The highest BCUT2D eigenvalue weighted by Gasteiger charge is 1.99. The van der Waals surface area contributed by atoms with Crippen LogP contribution < -0.4 is 21.3 Å². The Hall–Kier alpha value is -2.50. The van der Waals surface area contributed by atoms with Crippen molar-refractivity contribution in [3.63, 3.8) is 0 Å². The second kappa shape index (κ2) is 15.1. The molecule has 2 amide bonds. The molecular weight excluding hydrogens is 314 g/mol. The Morgan fingerprint density at radius 3 is 2.56 bits per heavy atom. The first-order chi connectivity index (χ1) is 12.1. The molecule has 0 saturated carbocycles. The second-order valence-electron chi connectivity index (χ2n) is 5.36. The van der Waals surface area contributed by atoms with Gasteiger partial charge in [0, 0.05) is 32.3 Å². The van der Waals surface area contributed by atoms with E-state index in [-0.39, 0.29) is 6.03 Å². The molecule has 0 aromatic carbocycles. The predicted molar refractivity (Wildman–Crippen MR) is 107 cm³/mol. The largest absolute Gasteiger partial charge is 0.373 e. The van der Waals surface area contributed by atoms with Crippen LogP contribution in [0.2, 0.25) is 0 Å². The van der Waals surface area contributed by atoms with E-state index in [1.807, 2.05) is 26.2 Å². The molecule has 6 nitrogen and oxygen atoms in total. The smallest absolute Gasteiger partial charge is 0.314 e. The quantitative estimate of drug-likeness (QED) is 0.235. The second-order valence-corrected chi connectivity index (χ2v) is 5.36. The lowest BCUT2D eigenvalue weighted by atomic mass is 10.1. The summed E-state index contributed by atoms with van der Waals surface area (Å²) < 4.78 is 0. The van der Waals surface area contributed by atoms with Gasteiger partial charge in [0.15, 0.2) is 0 Å². The van der Waals surface area contributed by atoms with E-state index in [1.54, 1.807) is 0 Å². The van der Waals surface area contributed by atoms with Crippen molar-refractivity contribution in [3.05, 3.63) is 48.1 Å². The van der Waals surface area contributed by atoms with E-state index in [0.29, 0.717) is 19.5 Å². The predicted octanol–water partition coefficient (Wildman–Crippen LogP) is 3.19. The number of hydrogen-bond acceptors (Lipinski definition) is 4. The molecule has 0 aromatic heterocycles. The van der Waals surface area contributed by atoms with Gasteiger partial charge >= 0.3 is 6.03 Å². The molecule has 0 atom stereocenters.